The van der Waals surface area contributed by atoms with Crippen LogP contribution in [0, 0.1) is 5.95 Å². The summed E-state index contributed by atoms with van der Waals surface area (Å²) in [5.41, 5.74) is -0.458. The number of aromatic nitrogens is 1. The van der Waals surface area contributed by atoms with Crippen LogP contribution >= 0.6 is 0 Å². The Bertz CT molecular complexity index is 391. The van der Waals surface area contributed by atoms with Crippen LogP contribution < -0.4 is 5.32 Å². The zero-order chi connectivity index (χ0) is 10.9. The van der Waals surface area contributed by atoms with E-state index in [-0.39, 0.29) is 12.3 Å². The molecule has 1 fully saturated rings. The first kappa shape index (κ1) is 10.0. The van der Waals surface area contributed by atoms with Crippen molar-refractivity contribution in [2.45, 2.75) is 18.4 Å². The van der Waals surface area contributed by atoms with E-state index in [4.69, 9.17) is 5.11 Å². The summed E-state index contributed by atoms with van der Waals surface area (Å²) < 4.78 is 12.7. The van der Waals surface area contributed by atoms with Crippen LogP contribution in [0.4, 0.5) is 4.39 Å². The van der Waals surface area contributed by atoms with Crippen LogP contribution in [0.1, 0.15) is 23.3 Å². The molecule has 0 atom stereocenters. The Morgan fingerprint density at radius 1 is 1.60 bits per heavy atom. The van der Waals surface area contributed by atoms with Crippen molar-refractivity contribution in [1.82, 2.24) is 10.3 Å². The van der Waals surface area contributed by atoms with Crippen molar-refractivity contribution in [3.05, 3.63) is 29.8 Å². The first-order chi connectivity index (χ1) is 7.15. The quantitative estimate of drug-likeness (QED) is 0.713. The first-order valence-corrected chi connectivity index (χ1v) is 4.71. The van der Waals surface area contributed by atoms with E-state index in [1.807, 2.05) is 0 Å². The molecule has 15 heavy (non-hydrogen) atoms. The van der Waals surface area contributed by atoms with Crippen molar-refractivity contribution in [1.29, 1.82) is 0 Å². The average Bonchev–Trinajstić information content (AvgIpc) is 2.98. The second-order valence-corrected chi connectivity index (χ2v) is 3.74. The Hall–Kier alpha value is -1.49. The Labute approximate surface area is 86.1 Å². The van der Waals surface area contributed by atoms with Gasteiger partial charge in [0.25, 0.3) is 5.91 Å². The zero-order valence-corrected chi connectivity index (χ0v) is 8.03. The molecule has 1 aliphatic rings. The average molecular weight is 210 g/mol. The van der Waals surface area contributed by atoms with Crippen molar-refractivity contribution in [3.8, 4) is 0 Å². The van der Waals surface area contributed by atoms with Gasteiger partial charge in [-0.1, -0.05) is 6.07 Å². The van der Waals surface area contributed by atoms with Crippen LogP contribution in [0.15, 0.2) is 18.2 Å². The number of aliphatic hydroxyl groups excluding tert-OH is 1. The molecule has 2 rings (SSSR count). The Balaban J connectivity index is 2.08. The van der Waals surface area contributed by atoms with Crippen molar-refractivity contribution >= 4 is 5.91 Å². The van der Waals surface area contributed by atoms with E-state index in [0.29, 0.717) is 0 Å². The summed E-state index contributed by atoms with van der Waals surface area (Å²) in [5.74, 6) is -1.13. The number of hydrogen-bond donors (Lipinski definition) is 2. The maximum Gasteiger partial charge on any atom is 0.270 e. The fraction of sp³-hybridized carbons (Fsp3) is 0.400. The van der Waals surface area contributed by atoms with Crippen LogP contribution in [0.5, 0.6) is 0 Å². The van der Waals surface area contributed by atoms with E-state index < -0.39 is 17.4 Å². The number of halogens is 1. The smallest absolute Gasteiger partial charge is 0.270 e. The molecule has 0 saturated heterocycles. The Morgan fingerprint density at radius 2 is 2.33 bits per heavy atom. The number of carbonyl (C=O) groups is 1. The second kappa shape index (κ2) is 3.58. The molecule has 5 heteroatoms. The van der Waals surface area contributed by atoms with Gasteiger partial charge in [-0.05, 0) is 25.0 Å². The predicted molar refractivity (Wildman–Crippen MR) is 50.7 cm³/mol. The molecule has 1 aromatic heterocycles. The van der Waals surface area contributed by atoms with E-state index in [1.54, 1.807) is 0 Å². The third-order valence-corrected chi connectivity index (χ3v) is 2.48. The molecule has 0 unspecified atom stereocenters. The van der Waals surface area contributed by atoms with Crippen molar-refractivity contribution < 1.29 is 14.3 Å². The third-order valence-electron chi connectivity index (χ3n) is 2.48. The van der Waals surface area contributed by atoms with Gasteiger partial charge in [0.2, 0.25) is 5.95 Å². The van der Waals surface area contributed by atoms with Gasteiger partial charge in [-0.3, -0.25) is 4.79 Å². The van der Waals surface area contributed by atoms with E-state index in [9.17, 15) is 9.18 Å². The summed E-state index contributed by atoms with van der Waals surface area (Å²) in [5, 5.41) is 11.6. The van der Waals surface area contributed by atoms with E-state index in [1.165, 1.54) is 18.2 Å². The normalized spacial score (nSPS) is 17.2. The number of amides is 1. The number of nitrogens with one attached hydrogen (secondary N) is 1. The lowest BCUT2D eigenvalue weighted by atomic mass is 10.2. The molecular weight excluding hydrogens is 199 g/mol. The largest absolute Gasteiger partial charge is 0.394 e. The van der Waals surface area contributed by atoms with Gasteiger partial charge in [-0.2, -0.15) is 4.39 Å². The zero-order valence-electron chi connectivity index (χ0n) is 8.03. The number of carbonyl (C=O) groups excluding carboxylic acids is 1. The predicted octanol–water partition coefficient (Wildman–Crippen LogP) is 0.475. The summed E-state index contributed by atoms with van der Waals surface area (Å²) in [4.78, 5) is 15.0. The van der Waals surface area contributed by atoms with Crippen LogP contribution in [0.2, 0.25) is 0 Å². The number of rotatable bonds is 3. The highest BCUT2D eigenvalue weighted by atomic mass is 19.1. The minimum absolute atomic E-state index is 0.0368. The summed E-state index contributed by atoms with van der Waals surface area (Å²) in [6.07, 6.45) is 1.51. The second-order valence-electron chi connectivity index (χ2n) is 3.74. The molecule has 1 aromatic rings. The molecule has 1 heterocycles. The van der Waals surface area contributed by atoms with Crippen molar-refractivity contribution in [2.24, 2.45) is 0 Å². The summed E-state index contributed by atoms with van der Waals surface area (Å²) >= 11 is 0. The summed E-state index contributed by atoms with van der Waals surface area (Å²) in [7, 11) is 0. The molecule has 1 saturated carbocycles. The van der Waals surface area contributed by atoms with Crippen LogP contribution in [-0.2, 0) is 0 Å². The monoisotopic (exact) mass is 210 g/mol. The van der Waals surface area contributed by atoms with Gasteiger partial charge in [0.05, 0.1) is 12.1 Å². The van der Waals surface area contributed by atoms with Crippen molar-refractivity contribution in [2.75, 3.05) is 6.61 Å². The number of aliphatic hydroxyl groups is 1. The lowest BCUT2D eigenvalue weighted by Crippen LogP contribution is -2.40. The standard InChI is InChI=1S/C10H11FN2O2/c11-8-3-1-2-7(12-8)9(15)13-10(6-14)4-5-10/h1-3,14H,4-6H2,(H,13,15). The minimum Gasteiger partial charge on any atom is -0.394 e. The highest BCUT2D eigenvalue weighted by molar-refractivity contribution is 5.93. The molecule has 0 aromatic carbocycles. The van der Waals surface area contributed by atoms with Gasteiger partial charge in [0, 0.05) is 0 Å². The summed E-state index contributed by atoms with van der Waals surface area (Å²) in [6, 6.07) is 4.04. The van der Waals surface area contributed by atoms with Gasteiger partial charge >= 0.3 is 0 Å². The van der Waals surface area contributed by atoms with Gasteiger partial charge in [-0.25, -0.2) is 4.98 Å². The molecule has 1 amide bonds. The molecule has 80 valence electrons. The van der Waals surface area contributed by atoms with Crippen LogP contribution in [0.25, 0.3) is 0 Å². The highest BCUT2D eigenvalue weighted by Crippen LogP contribution is 2.34. The van der Waals surface area contributed by atoms with Gasteiger partial charge in [-0.15, -0.1) is 0 Å². The molecule has 4 nitrogen and oxygen atoms in total. The van der Waals surface area contributed by atoms with Crippen molar-refractivity contribution in [3.63, 3.8) is 0 Å². The number of nitrogens with zero attached hydrogens (tertiary/aromatic N) is 1. The number of pyridine rings is 1. The van der Waals surface area contributed by atoms with E-state index in [2.05, 4.69) is 10.3 Å². The molecule has 0 bridgehead atoms. The molecule has 2 N–H and O–H groups in total. The molecule has 0 aliphatic heterocycles. The topological polar surface area (TPSA) is 62.2 Å². The lowest BCUT2D eigenvalue weighted by Gasteiger charge is -2.13. The Kier molecular flexibility index (Phi) is 2.40. The summed E-state index contributed by atoms with van der Waals surface area (Å²) in [6.45, 7) is -0.0892. The van der Waals surface area contributed by atoms with Gasteiger partial charge < -0.3 is 10.4 Å². The van der Waals surface area contributed by atoms with Crippen LogP contribution in [0.3, 0.4) is 0 Å². The minimum atomic E-state index is -0.684. The third kappa shape index (κ3) is 2.12. The first-order valence-electron chi connectivity index (χ1n) is 4.71. The molecular formula is C10H11FN2O2. The highest BCUT2D eigenvalue weighted by Gasteiger charge is 2.43. The Morgan fingerprint density at radius 3 is 2.87 bits per heavy atom. The van der Waals surface area contributed by atoms with Gasteiger partial charge in [0.1, 0.15) is 5.69 Å². The maximum atomic E-state index is 12.7. The SMILES string of the molecule is O=C(NC1(CO)CC1)c1cccc(F)n1. The molecule has 1 aliphatic carbocycles. The van der Waals surface area contributed by atoms with E-state index >= 15 is 0 Å². The number of hydrogen-bond acceptors (Lipinski definition) is 3. The molecule has 0 radical (unpaired) electrons. The van der Waals surface area contributed by atoms with E-state index in [0.717, 1.165) is 12.8 Å². The maximum absolute atomic E-state index is 12.7. The van der Waals surface area contributed by atoms with Gasteiger partial charge in [0.15, 0.2) is 0 Å². The fourth-order valence-electron chi connectivity index (χ4n) is 1.31. The fourth-order valence-corrected chi connectivity index (χ4v) is 1.31. The lowest BCUT2D eigenvalue weighted by molar-refractivity contribution is 0.0900. The van der Waals surface area contributed by atoms with Crippen LogP contribution in [-0.4, -0.2) is 28.1 Å². The molecule has 0 spiro atoms.